The van der Waals surface area contributed by atoms with Crippen molar-refractivity contribution in [1.82, 2.24) is 19.7 Å². The number of carbonyl (C=O) groups excluding carboxylic acids is 2. The van der Waals surface area contributed by atoms with Gasteiger partial charge < -0.3 is 14.4 Å². The van der Waals surface area contributed by atoms with Crippen molar-refractivity contribution in [1.29, 1.82) is 0 Å². The number of carbonyl (C=O) groups is 2. The van der Waals surface area contributed by atoms with Crippen LogP contribution in [0.4, 0.5) is 0 Å². The summed E-state index contributed by atoms with van der Waals surface area (Å²) in [6.45, 7) is 7.17. The fourth-order valence-corrected chi connectivity index (χ4v) is 2.78. The third-order valence-corrected chi connectivity index (χ3v) is 4.08. The van der Waals surface area contributed by atoms with Crippen LogP contribution in [0.25, 0.3) is 11.0 Å². The first-order valence-electron chi connectivity index (χ1n) is 8.35. The number of esters is 1. The molecular formula is C17H22N4O4. The monoisotopic (exact) mass is 346 g/mol. The molecule has 2 aromatic heterocycles. The Bertz CT molecular complexity index is 786. The van der Waals surface area contributed by atoms with Crippen LogP contribution in [0, 0.1) is 0 Å². The van der Waals surface area contributed by atoms with Crippen molar-refractivity contribution < 1.29 is 19.1 Å². The molecule has 25 heavy (non-hydrogen) atoms. The number of ether oxygens (including phenoxy) is 2. The highest BCUT2D eigenvalue weighted by atomic mass is 16.5. The van der Waals surface area contributed by atoms with Crippen LogP contribution in [0.1, 0.15) is 37.2 Å². The van der Waals surface area contributed by atoms with Crippen LogP contribution in [0.2, 0.25) is 0 Å². The molecule has 0 spiro atoms. The highest BCUT2D eigenvalue weighted by molar-refractivity contribution is 5.94. The van der Waals surface area contributed by atoms with Crippen molar-refractivity contribution in [2.24, 2.45) is 0 Å². The van der Waals surface area contributed by atoms with Crippen molar-refractivity contribution in [2.75, 3.05) is 26.3 Å². The lowest BCUT2D eigenvalue weighted by Crippen LogP contribution is -2.46. The Morgan fingerprint density at radius 2 is 2.20 bits per heavy atom. The smallest absolute Gasteiger partial charge is 0.340 e. The third kappa shape index (κ3) is 3.79. The summed E-state index contributed by atoms with van der Waals surface area (Å²) >= 11 is 0. The van der Waals surface area contributed by atoms with Gasteiger partial charge in [0, 0.05) is 30.7 Å². The van der Waals surface area contributed by atoms with Gasteiger partial charge in [0.15, 0.2) is 12.3 Å². The lowest BCUT2D eigenvalue weighted by atomic mass is 10.2. The summed E-state index contributed by atoms with van der Waals surface area (Å²) in [6.07, 6.45) is 3.11. The van der Waals surface area contributed by atoms with Crippen molar-refractivity contribution in [2.45, 2.75) is 32.9 Å². The molecule has 8 nitrogen and oxygen atoms in total. The van der Waals surface area contributed by atoms with E-state index < -0.39 is 5.97 Å². The van der Waals surface area contributed by atoms with E-state index in [2.05, 4.69) is 10.1 Å². The van der Waals surface area contributed by atoms with E-state index in [9.17, 15) is 9.59 Å². The Hall–Kier alpha value is -2.48. The molecule has 2 aromatic rings. The number of morpholine rings is 1. The summed E-state index contributed by atoms with van der Waals surface area (Å²) in [5, 5.41) is 5.03. The summed E-state index contributed by atoms with van der Waals surface area (Å²) in [7, 11) is 0. The summed E-state index contributed by atoms with van der Waals surface area (Å²) in [5.74, 6) is -0.786. The molecule has 1 amide bonds. The molecule has 3 heterocycles. The minimum absolute atomic E-state index is 0.00231. The molecule has 0 N–H and O–H groups in total. The first kappa shape index (κ1) is 17.3. The van der Waals surface area contributed by atoms with Gasteiger partial charge in [0.2, 0.25) is 0 Å². The highest BCUT2D eigenvalue weighted by Gasteiger charge is 2.22. The van der Waals surface area contributed by atoms with Gasteiger partial charge in [0.25, 0.3) is 5.91 Å². The molecule has 0 radical (unpaired) electrons. The molecule has 1 aliphatic rings. The summed E-state index contributed by atoms with van der Waals surface area (Å²) in [4.78, 5) is 30.3. The molecule has 3 rings (SSSR count). The second kappa shape index (κ2) is 7.18. The summed E-state index contributed by atoms with van der Waals surface area (Å²) in [5.41, 5.74) is 1.02. The van der Waals surface area contributed by atoms with Crippen molar-refractivity contribution in [3.8, 4) is 0 Å². The van der Waals surface area contributed by atoms with Crippen LogP contribution >= 0.6 is 0 Å². The molecule has 0 aromatic carbocycles. The van der Waals surface area contributed by atoms with Crippen LogP contribution in [0.5, 0.6) is 0 Å². The maximum absolute atomic E-state index is 12.2. The van der Waals surface area contributed by atoms with Crippen molar-refractivity contribution >= 4 is 22.9 Å². The van der Waals surface area contributed by atoms with Gasteiger partial charge in [0.05, 0.1) is 24.5 Å². The molecule has 0 aliphatic carbocycles. The van der Waals surface area contributed by atoms with E-state index in [-0.39, 0.29) is 24.7 Å². The molecule has 1 aliphatic heterocycles. The SMILES string of the molecule is CC1CN(C(=O)COC(=O)c2cnc3c(cnn3C(C)C)c2)CCO1. The summed E-state index contributed by atoms with van der Waals surface area (Å²) in [6, 6.07) is 1.86. The van der Waals surface area contributed by atoms with Gasteiger partial charge in [0.1, 0.15) is 0 Å². The minimum Gasteiger partial charge on any atom is -0.452 e. The van der Waals surface area contributed by atoms with E-state index in [0.717, 1.165) is 5.39 Å². The number of hydrogen-bond donors (Lipinski definition) is 0. The molecule has 1 atom stereocenters. The van der Waals surface area contributed by atoms with Gasteiger partial charge in [-0.1, -0.05) is 0 Å². The van der Waals surface area contributed by atoms with E-state index >= 15 is 0 Å². The molecule has 134 valence electrons. The molecule has 1 fully saturated rings. The van der Waals surface area contributed by atoms with Gasteiger partial charge >= 0.3 is 5.97 Å². The first-order chi connectivity index (χ1) is 12.0. The van der Waals surface area contributed by atoms with Crippen molar-refractivity contribution in [3.63, 3.8) is 0 Å². The van der Waals surface area contributed by atoms with Gasteiger partial charge in [-0.2, -0.15) is 5.10 Å². The Labute approximate surface area is 145 Å². The van der Waals surface area contributed by atoms with Crippen LogP contribution in [-0.4, -0.2) is 63.9 Å². The van der Waals surface area contributed by atoms with E-state index in [1.807, 2.05) is 20.8 Å². The largest absolute Gasteiger partial charge is 0.452 e. The number of hydrogen-bond acceptors (Lipinski definition) is 6. The zero-order chi connectivity index (χ0) is 18.0. The highest BCUT2D eigenvalue weighted by Crippen LogP contribution is 2.17. The number of amides is 1. The van der Waals surface area contributed by atoms with Gasteiger partial charge in [-0.3, -0.25) is 4.79 Å². The fraction of sp³-hybridized carbons (Fsp3) is 0.529. The van der Waals surface area contributed by atoms with E-state index in [0.29, 0.717) is 30.9 Å². The average Bonchev–Trinajstić information content (AvgIpc) is 3.02. The Balaban J connectivity index is 1.63. The quantitative estimate of drug-likeness (QED) is 0.778. The predicted molar refractivity (Wildman–Crippen MR) is 90.2 cm³/mol. The fourth-order valence-electron chi connectivity index (χ4n) is 2.78. The maximum atomic E-state index is 12.2. The number of rotatable bonds is 4. The summed E-state index contributed by atoms with van der Waals surface area (Å²) < 4.78 is 12.3. The first-order valence-corrected chi connectivity index (χ1v) is 8.35. The second-order valence-corrected chi connectivity index (χ2v) is 6.42. The molecule has 0 saturated carbocycles. The van der Waals surface area contributed by atoms with Crippen LogP contribution < -0.4 is 0 Å². The zero-order valence-electron chi connectivity index (χ0n) is 14.6. The maximum Gasteiger partial charge on any atom is 0.340 e. The normalized spacial score (nSPS) is 17.9. The number of nitrogens with zero attached hydrogens (tertiary/aromatic N) is 4. The number of fused-ring (bicyclic) bond motifs is 1. The number of pyridine rings is 1. The van der Waals surface area contributed by atoms with Crippen LogP contribution in [0.3, 0.4) is 0 Å². The molecule has 1 saturated heterocycles. The standard InChI is InChI=1S/C17H22N4O4/c1-11(2)21-16-13(8-19-21)6-14(7-18-16)17(23)25-10-15(22)20-4-5-24-12(3)9-20/h6-8,11-12H,4-5,9-10H2,1-3H3. The zero-order valence-corrected chi connectivity index (χ0v) is 14.6. The topological polar surface area (TPSA) is 86.5 Å². The second-order valence-electron chi connectivity index (χ2n) is 6.42. The molecule has 1 unspecified atom stereocenters. The average molecular weight is 346 g/mol. The van der Waals surface area contributed by atoms with Crippen LogP contribution in [-0.2, 0) is 14.3 Å². The predicted octanol–water partition coefficient (Wildman–Crippen LogP) is 1.42. The molecular weight excluding hydrogens is 324 g/mol. The lowest BCUT2D eigenvalue weighted by molar-refractivity contribution is -0.141. The molecule has 8 heteroatoms. The number of aromatic nitrogens is 3. The Morgan fingerprint density at radius 3 is 2.92 bits per heavy atom. The van der Waals surface area contributed by atoms with E-state index in [1.165, 1.54) is 6.20 Å². The lowest BCUT2D eigenvalue weighted by Gasteiger charge is -2.30. The van der Waals surface area contributed by atoms with Gasteiger partial charge in [-0.05, 0) is 26.8 Å². The third-order valence-electron chi connectivity index (χ3n) is 4.08. The Morgan fingerprint density at radius 1 is 1.40 bits per heavy atom. The van der Waals surface area contributed by atoms with Gasteiger partial charge in [-0.15, -0.1) is 0 Å². The minimum atomic E-state index is -0.568. The van der Waals surface area contributed by atoms with Crippen molar-refractivity contribution in [3.05, 3.63) is 24.0 Å². The van der Waals surface area contributed by atoms with Gasteiger partial charge in [-0.25, -0.2) is 14.5 Å². The van der Waals surface area contributed by atoms with Crippen LogP contribution in [0.15, 0.2) is 18.5 Å². The Kier molecular flexibility index (Phi) is 4.98. The van der Waals surface area contributed by atoms with E-state index in [4.69, 9.17) is 9.47 Å². The molecule has 0 bridgehead atoms. The van der Waals surface area contributed by atoms with E-state index in [1.54, 1.807) is 21.8 Å².